The van der Waals surface area contributed by atoms with Gasteiger partial charge in [-0.1, -0.05) is 42.5 Å². The van der Waals surface area contributed by atoms with Crippen molar-refractivity contribution in [3.05, 3.63) is 94.1 Å². The molecule has 0 saturated heterocycles. The molecular weight excluding hydrogens is 409 g/mol. The lowest BCUT2D eigenvalue weighted by molar-refractivity contribution is -0.140. The van der Waals surface area contributed by atoms with E-state index in [1.807, 2.05) is 37.3 Å². The third-order valence-corrected chi connectivity index (χ3v) is 6.04. The van der Waals surface area contributed by atoms with E-state index in [9.17, 15) is 14.0 Å². The Balaban J connectivity index is 1.74. The van der Waals surface area contributed by atoms with Gasteiger partial charge in [-0.15, -0.1) is 0 Å². The third-order valence-electron chi connectivity index (χ3n) is 6.04. The maximum atomic E-state index is 13.6. The molecule has 0 amide bonds. The number of nitrogens with one attached hydrogen (secondary N) is 1. The second-order valence-corrected chi connectivity index (χ2v) is 8.11. The van der Waals surface area contributed by atoms with Crippen molar-refractivity contribution in [2.45, 2.75) is 31.6 Å². The van der Waals surface area contributed by atoms with Crippen LogP contribution < -0.4 is 5.32 Å². The molecule has 1 aliphatic carbocycles. The number of Topliss-reactive ketones (excluding diaryl/α,β-unsaturated/α-hetero) is 1. The van der Waals surface area contributed by atoms with E-state index in [4.69, 9.17) is 9.47 Å². The Hall–Kier alpha value is -3.25. The van der Waals surface area contributed by atoms with Gasteiger partial charge in [0, 0.05) is 36.4 Å². The number of carbonyl (C=O) groups excluding carboxylic acids is 2. The van der Waals surface area contributed by atoms with Crippen molar-refractivity contribution < 1.29 is 23.5 Å². The standard InChI is InChI=1S/C26H26FNO4/c1-16-23(26(30)32-13-12-31-2)24(18-8-10-20(27)11-9-18)25-21(28-16)14-19(15-22(25)29)17-6-4-3-5-7-17/h3-11,19,24,28H,12-15H2,1-2H3/t19-,24+/m0/s1. The van der Waals surface area contributed by atoms with Gasteiger partial charge in [-0.3, -0.25) is 4.79 Å². The molecule has 2 aromatic rings. The number of benzene rings is 2. The molecule has 1 aliphatic heterocycles. The second kappa shape index (κ2) is 9.49. The van der Waals surface area contributed by atoms with Crippen LogP contribution in [0.4, 0.5) is 4.39 Å². The summed E-state index contributed by atoms with van der Waals surface area (Å²) < 4.78 is 24.0. The summed E-state index contributed by atoms with van der Waals surface area (Å²) in [6, 6.07) is 15.9. The van der Waals surface area contributed by atoms with Gasteiger partial charge in [0.1, 0.15) is 12.4 Å². The van der Waals surface area contributed by atoms with E-state index in [1.54, 1.807) is 12.1 Å². The van der Waals surface area contributed by atoms with Gasteiger partial charge >= 0.3 is 5.97 Å². The molecule has 0 spiro atoms. The lowest BCUT2D eigenvalue weighted by atomic mass is 9.72. The zero-order valence-electron chi connectivity index (χ0n) is 18.2. The van der Waals surface area contributed by atoms with Gasteiger partial charge in [-0.25, -0.2) is 9.18 Å². The quantitative estimate of drug-likeness (QED) is 0.539. The summed E-state index contributed by atoms with van der Waals surface area (Å²) in [6.45, 7) is 2.19. The number of ether oxygens (including phenoxy) is 2. The Morgan fingerprint density at radius 1 is 1.03 bits per heavy atom. The Morgan fingerprint density at radius 2 is 1.75 bits per heavy atom. The molecule has 0 fully saturated rings. The largest absolute Gasteiger partial charge is 0.460 e. The minimum atomic E-state index is -0.605. The highest BCUT2D eigenvalue weighted by atomic mass is 19.1. The fourth-order valence-electron chi connectivity index (χ4n) is 4.55. The van der Waals surface area contributed by atoms with Gasteiger partial charge in [0.05, 0.1) is 12.2 Å². The highest BCUT2D eigenvalue weighted by Gasteiger charge is 2.41. The van der Waals surface area contributed by atoms with Crippen LogP contribution in [0.1, 0.15) is 42.7 Å². The van der Waals surface area contributed by atoms with Crippen molar-refractivity contribution in [2.75, 3.05) is 20.3 Å². The van der Waals surface area contributed by atoms with Crippen molar-refractivity contribution in [1.82, 2.24) is 5.32 Å². The van der Waals surface area contributed by atoms with Crippen LogP contribution in [0.25, 0.3) is 0 Å². The van der Waals surface area contributed by atoms with Crippen molar-refractivity contribution >= 4 is 11.8 Å². The number of hydrogen-bond acceptors (Lipinski definition) is 5. The maximum Gasteiger partial charge on any atom is 0.336 e. The topological polar surface area (TPSA) is 64.6 Å². The highest BCUT2D eigenvalue weighted by Crippen LogP contribution is 2.45. The van der Waals surface area contributed by atoms with Crippen LogP contribution in [0.3, 0.4) is 0 Å². The lowest BCUT2D eigenvalue weighted by Crippen LogP contribution is -2.36. The first kappa shape index (κ1) is 22.0. The van der Waals surface area contributed by atoms with Crippen molar-refractivity contribution in [1.29, 1.82) is 0 Å². The van der Waals surface area contributed by atoms with E-state index >= 15 is 0 Å². The molecule has 0 saturated carbocycles. The van der Waals surface area contributed by atoms with Gasteiger partial charge < -0.3 is 14.8 Å². The van der Waals surface area contributed by atoms with Crippen molar-refractivity contribution in [3.63, 3.8) is 0 Å². The third kappa shape index (κ3) is 4.36. The van der Waals surface area contributed by atoms with E-state index in [1.165, 1.54) is 19.2 Å². The Bertz CT molecular complexity index is 1070. The van der Waals surface area contributed by atoms with Crippen LogP contribution in [0, 0.1) is 5.82 Å². The molecule has 2 atom stereocenters. The first-order valence-electron chi connectivity index (χ1n) is 10.7. The molecule has 1 N–H and O–H groups in total. The predicted molar refractivity (Wildman–Crippen MR) is 118 cm³/mol. The lowest BCUT2D eigenvalue weighted by Gasteiger charge is -2.36. The predicted octanol–water partition coefficient (Wildman–Crippen LogP) is 4.38. The second-order valence-electron chi connectivity index (χ2n) is 8.11. The SMILES string of the molecule is COCCOC(=O)C1=C(C)NC2=C(C(=O)C[C@@H](c3ccccc3)C2)[C@@H]1c1ccc(F)cc1. The molecule has 0 bridgehead atoms. The fourth-order valence-corrected chi connectivity index (χ4v) is 4.55. The van der Waals surface area contributed by atoms with Crippen LogP contribution >= 0.6 is 0 Å². The summed E-state index contributed by atoms with van der Waals surface area (Å²) in [7, 11) is 1.53. The molecule has 0 radical (unpaired) electrons. The molecule has 32 heavy (non-hydrogen) atoms. The Labute approximate surface area is 186 Å². The molecule has 2 aromatic carbocycles. The molecule has 2 aliphatic rings. The molecule has 0 unspecified atom stereocenters. The number of methoxy groups -OCH3 is 1. The molecule has 166 valence electrons. The van der Waals surface area contributed by atoms with Crippen LogP contribution in [-0.4, -0.2) is 32.1 Å². The van der Waals surface area contributed by atoms with E-state index < -0.39 is 11.9 Å². The number of ketones is 1. The van der Waals surface area contributed by atoms with Gasteiger partial charge in [-0.05, 0) is 42.5 Å². The maximum absolute atomic E-state index is 13.6. The summed E-state index contributed by atoms with van der Waals surface area (Å²) in [5.41, 5.74) is 4.19. The van der Waals surface area contributed by atoms with E-state index in [0.717, 1.165) is 11.3 Å². The first-order valence-corrected chi connectivity index (χ1v) is 10.7. The van der Waals surface area contributed by atoms with Gasteiger partial charge in [0.15, 0.2) is 5.78 Å². The Morgan fingerprint density at radius 3 is 2.44 bits per heavy atom. The van der Waals surface area contributed by atoms with Gasteiger partial charge in [0.25, 0.3) is 0 Å². The number of esters is 1. The number of halogens is 1. The average Bonchev–Trinajstić information content (AvgIpc) is 2.79. The number of dihydropyridines is 1. The first-order chi connectivity index (χ1) is 15.5. The number of carbonyl (C=O) groups is 2. The fraction of sp³-hybridized carbons (Fsp3) is 0.308. The van der Waals surface area contributed by atoms with Crippen LogP contribution in [0.2, 0.25) is 0 Å². The normalized spacial score (nSPS) is 20.7. The molecule has 1 heterocycles. The number of allylic oxidation sites excluding steroid dienone is 3. The van der Waals surface area contributed by atoms with Gasteiger partial charge in [0.2, 0.25) is 0 Å². The summed E-state index contributed by atoms with van der Waals surface area (Å²) in [5, 5.41) is 3.31. The van der Waals surface area contributed by atoms with Gasteiger partial charge in [-0.2, -0.15) is 0 Å². The smallest absolute Gasteiger partial charge is 0.336 e. The highest BCUT2D eigenvalue weighted by molar-refractivity contribution is 6.04. The minimum Gasteiger partial charge on any atom is -0.460 e. The molecule has 5 nitrogen and oxygen atoms in total. The molecular formula is C26H26FNO4. The minimum absolute atomic E-state index is 0.0170. The van der Waals surface area contributed by atoms with Crippen LogP contribution in [0.15, 0.2) is 77.1 Å². The molecule has 4 rings (SSSR count). The number of rotatable bonds is 6. The monoisotopic (exact) mass is 435 g/mol. The zero-order chi connectivity index (χ0) is 22.7. The van der Waals surface area contributed by atoms with E-state index in [2.05, 4.69) is 5.32 Å². The zero-order valence-corrected chi connectivity index (χ0v) is 18.2. The molecule has 0 aromatic heterocycles. The summed E-state index contributed by atoms with van der Waals surface area (Å²) in [6.07, 6.45) is 1.01. The molecule has 6 heteroatoms. The average molecular weight is 435 g/mol. The van der Waals surface area contributed by atoms with E-state index in [-0.39, 0.29) is 30.7 Å². The summed E-state index contributed by atoms with van der Waals surface area (Å²) in [4.78, 5) is 26.4. The van der Waals surface area contributed by atoms with Crippen LogP contribution in [0.5, 0.6) is 0 Å². The Kier molecular flexibility index (Phi) is 6.51. The number of hydrogen-bond donors (Lipinski definition) is 1. The van der Waals surface area contributed by atoms with Crippen molar-refractivity contribution in [2.24, 2.45) is 0 Å². The van der Waals surface area contributed by atoms with Crippen LogP contribution in [-0.2, 0) is 19.1 Å². The van der Waals surface area contributed by atoms with E-state index in [0.29, 0.717) is 35.2 Å². The van der Waals surface area contributed by atoms with Crippen molar-refractivity contribution in [3.8, 4) is 0 Å². The summed E-state index contributed by atoms with van der Waals surface area (Å²) in [5.74, 6) is -1.44. The summed E-state index contributed by atoms with van der Waals surface area (Å²) >= 11 is 0.